The van der Waals surface area contributed by atoms with E-state index < -0.39 is 0 Å². The lowest BCUT2D eigenvalue weighted by atomic mass is 9.80. The second-order valence-corrected chi connectivity index (χ2v) is 6.66. The van der Waals surface area contributed by atoms with Crippen molar-refractivity contribution in [1.82, 2.24) is 0 Å². The second-order valence-electron chi connectivity index (χ2n) is 6.66. The van der Waals surface area contributed by atoms with E-state index in [1.165, 1.54) is 68.9 Å². The van der Waals surface area contributed by atoms with Gasteiger partial charge in [0.15, 0.2) is 0 Å². The molecule has 0 heterocycles. The Morgan fingerprint density at radius 2 is 1.70 bits per heavy atom. The van der Waals surface area contributed by atoms with Crippen LogP contribution < -0.4 is 10.5 Å². The summed E-state index contributed by atoms with van der Waals surface area (Å²) in [6, 6.07) is 6.63. The van der Waals surface area contributed by atoms with Crippen molar-refractivity contribution < 1.29 is 4.74 Å². The number of benzene rings is 1. The van der Waals surface area contributed by atoms with E-state index in [9.17, 15) is 0 Å². The predicted molar refractivity (Wildman–Crippen MR) is 83.2 cm³/mol. The summed E-state index contributed by atoms with van der Waals surface area (Å²) in [6.45, 7) is 0.759. The van der Waals surface area contributed by atoms with Gasteiger partial charge in [-0.15, -0.1) is 0 Å². The fraction of sp³-hybridized carbons (Fsp3) is 0.667. The van der Waals surface area contributed by atoms with E-state index in [0.717, 1.165) is 18.8 Å². The first kappa shape index (κ1) is 13.9. The molecule has 0 unspecified atom stereocenters. The van der Waals surface area contributed by atoms with Gasteiger partial charge in [-0.1, -0.05) is 25.3 Å². The van der Waals surface area contributed by atoms with Gasteiger partial charge in [0, 0.05) is 5.54 Å². The van der Waals surface area contributed by atoms with Gasteiger partial charge in [0.2, 0.25) is 0 Å². The van der Waals surface area contributed by atoms with Crippen LogP contribution in [0.1, 0.15) is 62.5 Å². The summed E-state index contributed by atoms with van der Waals surface area (Å²) >= 11 is 0. The van der Waals surface area contributed by atoms with Crippen LogP contribution in [0.2, 0.25) is 0 Å². The Bertz CT molecular complexity index is 449. The van der Waals surface area contributed by atoms with Crippen molar-refractivity contribution in [3.8, 4) is 5.75 Å². The van der Waals surface area contributed by atoms with Crippen molar-refractivity contribution in [2.45, 2.75) is 69.7 Å². The number of rotatable bonds is 4. The van der Waals surface area contributed by atoms with E-state index >= 15 is 0 Å². The zero-order valence-corrected chi connectivity index (χ0v) is 12.5. The molecular formula is C18H27NO. The largest absolute Gasteiger partial charge is 0.494 e. The van der Waals surface area contributed by atoms with Crippen molar-refractivity contribution in [3.05, 3.63) is 29.3 Å². The molecule has 0 saturated heterocycles. The highest BCUT2D eigenvalue weighted by Crippen LogP contribution is 2.29. The van der Waals surface area contributed by atoms with Crippen molar-refractivity contribution >= 4 is 0 Å². The summed E-state index contributed by atoms with van der Waals surface area (Å²) < 4.78 is 5.96. The molecule has 2 nitrogen and oxygen atoms in total. The van der Waals surface area contributed by atoms with Crippen LogP contribution in [0, 0.1) is 0 Å². The molecule has 0 amide bonds. The van der Waals surface area contributed by atoms with Crippen molar-refractivity contribution in [2.24, 2.45) is 5.73 Å². The Labute approximate surface area is 122 Å². The van der Waals surface area contributed by atoms with Crippen LogP contribution in [0.4, 0.5) is 0 Å². The molecule has 0 spiro atoms. The third kappa shape index (κ3) is 3.35. The van der Waals surface area contributed by atoms with Gasteiger partial charge in [-0.3, -0.25) is 0 Å². The number of hydrogen-bond donors (Lipinski definition) is 1. The number of aryl methyl sites for hydroxylation is 2. The van der Waals surface area contributed by atoms with Crippen LogP contribution in [0.5, 0.6) is 5.75 Å². The molecule has 2 N–H and O–H groups in total. The van der Waals surface area contributed by atoms with E-state index in [4.69, 9.17) is 10.5 Å². The zero-order chi connectivity index (χ0) is 13.8. The monoisotopic (exact) mass is 273 g/mol. The molecule has 2 aliphatic rings. The van der Waals surface area contributed by atoms with Gasteiger partial charge in [-0.2, -0.15) is 0 Å². The molecule has 1 aromatic carbocycles. The summed E-state index contributed by atoms with van der Waals surface area (Å²) in [4.78, 5) is 0. The Kier molecular flexibility index (Phi) is 4.30. The lowest BCUT2D eigenvalue weighted by molar-refractivity contribution is 0.214. The maximum atomic E-state index is 6.45. The number of ether oxygens (including phenoxy) is 1. The van der Waals surface area contributed by atoms with Crippen molar-refractivity contribution in [2.75, 3.05) is 6.61 Å². The third-order valence-electron chi connectivity index (χ3n) is 5.04. The highest BCUT2D eigenvalue weighted by atomic mass is 16.5. The molecule has 0 bridgehead atoms. The van der Waals surface area contributed by atoms with Gasteiger partial charge in [-0.25, -0.2) is 0 Å². The summed E-state index contributed by atoms with van der Waals surface area (Å²) in [5.74, 6) is 1.03. The molecule has 2 aliphatic carbocycles. The highest BCUT2D eigenvalue weighted by molar-refractivity contribution is 5.37. The van der Waals surface area contributed by atoms with Crippen LogP contribution in [0.15, 0.2) is 18.2 Å². The smallest absolute Gasteiger partial charge is 0.119 e. The molecule has 20 heavy (non-hydrogen) atoms. The Hall–Kier alpha value is -1.02. The van der Waals surface area contributed by atoms with Gasteiger partial charge in [0.05, 0.1) is 6.61 Å². The van der Waals surface area contributed by atoms with Gasteiger partial charge < -0.3 is 10.5 Å². The average molecular weight is 273 g/mol. The summed E-state index contributed by atoms with van der Waals surface area (Å²) in [5, 5.41) is 0. The summed E-state index contributed by atoms with van der Waals surface area (Å²) in [5.41, 5.74) is 9.50. The highest BCUT2D eigenvalue weighted by Gasteiger charge is 2.27. The first-order valence-corrected chi connectivity index (χ1v) is 8.29. The standard InChI is InChI=1S/C18H27NO/c19-18(10-4-1-5-11-18)12-13-20-17-9-8-15-6-2-3-7-16(15)14-17/h8-9,14H,1-7,10-13,19H2. The summed E-state index contributed by atoms with van der Waals surface area (Å²) in [7, 11) is 0. The van der Waals surface area contributed by atoms with Gasteiger partial charge in [0.1, 0.15) is 5.75 Å². The van der Waals surface area contributed by atoms with Crippen LogP contribution in [-0.2, 0) is 12.8 Å². The Balaban J connectivity index is 1.53. The number of hydrogen-bond acceptors (Lipinski definition) is 2. The fourth-order valence-corrected chi connectivity index (χ4v) is 3.68. The van der Waals surface area contributed by atoms with Gasteiger partial charge >= 0.3 is 0 Å². The van der Waals surface area contributed by atoms with E-state index in [0.29, 0.717) is 0 Å². The number of fused-ring (bicyclic) bond motifs is 1. The molecule has 110 valence electrons. The Morgan fingerprint density at radius 3 is 2.50 bits per heavy atom. The molecule has 0 atom stereocenters. The van der Waals surface area contributed by atoms with E-state index in [-0.39, 0.29) is 5.54 Å². The van der Waals surface area contributed by atoms with E-state index in [1.54, 1.807) is 0 Å². The topological polar surface area (TPSA) is 35.2 Å². The molecule has 3 rings (SSSR count). The predicted octanol–water partition coefficient (Wildman–Crippen LogP) is 4.00. The first-order chi connectivity index (χ1) is 9.75. The fourth-order valence-electron chi connectivity index (χ4n) is 3.68. The minimum Gasteiger partial charge on any atom is -0.494 e. The molecule has 1 fully saturated rings. The van der Waals surface area contributed by atoms with Crippen LogP contribution >= 0.6 is 0 Å². The molecule has 0 aliphatic heterocycles. The normalized spacial score (nSPS) is 21.2. The van der Waals surface area contributed by atoms with Gasteiger partial charge in [0.25, 0.3) is 0 Å². The van der Waals surface area contributed by atoms with E-state index in [1.807, 2.05) is 0 Å². The molecule has 2 heteroatoms. The lowest BCUT2D eigenvalue weighted by Gasteiger charge is -2.33. The average Bonchev–Trinajstić information content (AvgIpc) is 2.48. The SMILES string of the molecule is NC1(CCOc2ccc3c(c2)CCCC3)CCCCC1. The second kappa shape index (κ2) is 6.17. The minimum absolute atomic E-state index is 0.0342. The third-order valence-corrected chi connectivity index (χ3v) is 5.04. The van der Waals surface area contributed by atoms with E-state index in [2.05, 4.69) is 18.2 Å². The van der Waals surface area contributed by atoms with Crippen molar-refractivity contribution in [1.29, 1.82) is 0 Å². The lowest BCUT2D eigenvalue weighted by Crippen LogP contribution is -2.42. The maximum Gasteiger partial charge on any atom is 0.119 e. The molecule has 0 radical (unpaired) electrons. The minimum atomic E-state index is 0.0342. The quantitative estimate of drug-likeness (QED) is 0.900. The summed E-state index contributed by atoms with van der Waals surface area (Å²) in [6.07, 6.45) is 12.4. The molecule has 0 aromatic heterocycles. The molecule has 1 saturated carbocycles. The molecular weight excluding hydrogens is 246 g/mol. The van der Waals surface area contributed by atoms with Crippen LogP contribution in [0.25, 0.3) is 0 Å². The van der Waals surface area contributed by atoms with Crippen molar-refractivity contribution in [3.63, 3.8) is 0 Å². The van der Waals surface area contributed by atoms with Crippen LogP contribution in [-0.4, -0.2) is 12.1 Å². The zero-order valence-electron chi connectivity index (χ0n) is 12.5. The maximum absolute atomic E-state index is 6.45. The molecule has 1 aromatic rings. The van der Waals surface area contributed by atoms with Gasteiger partial charge in [-0.05, 0) is 68.2 Å². The van der Waals surface area contributed by atoms with Crippen LogP contribution in [0.3, 0.4) is 0 Å². The number of nitrogens with two attached hydrogens (primary N) is 1. The Morgan fingerprint density at radius 1 is 0.950 bits per heavy atom. The first-order valence-electron chi connectivity index (χ1n) is 8.29.